The van der Waals surface area contributed by atoms with Gasteiger partial charge in [-0.05, 0) is 48.6 Å². The molecule has 204 valence electrons. The number of carbonyl (C=O) groups excluding carboxylic acids is 2. The fraction of sp³-hybridized carbons (Fsp3) is 0.310. The minimum Gasteiger partial charge on any atom is -0.448 e. The lowest BCUT2D eigenvalue weighted by Crippen LogP contribution is -2.49. The number of nitrogens with zero attached hydrogens (tertiary/aromatic N) is 2. The van der Waals surface area contributed by atoms with Crippen LogP contribution in [0, 0.1) is 20.8 Å². The Morgan fingerprint density at radius 1 is 0.923 bits per heavy atom. The maximum Gasteiger partial charge on any atom is 0.488 e. The van der Waals surface area contributed by atoms with Crippen molar-refractivity contribution in [1.82, 2.24) is 4.90 Å². The molecule has 5 rings (SSSR count). The van der Waals surface area contributed by atoms with Gasteiger partial charge in [0.2, 0.25) is 0 Å². The van der Waals surface area contributed by atoms with E-state index < -0.39 is 16.6 Å². The lowest BCUT2D eigenvalue weighted by atomic mass is 9.95. The first kappa shape index (κ1) is 26.7. The number of hydrogen-bond donors (Lipinski definition) is 0. The van der Waals surface area contributed by atoms with E-state index in [1.807, 2.05) is 29.2 Å². The van der Waals surface area contributed by atoms with Crippen LogP contribution >= 0.6 is 0 Å². The van der Waals surface area contributed by atoms with Crippen LogP contribution in [-0.2, 0) is 15.2 Å². The monoisotopic (exact) mass is 552 g/mol. The SMILES string of the molecule is Cc1c(C=O)c(C)c(N2CCN(C(=O)OCC3c4ccccc4-c4ccccc43)CC2)c(C)c1OS(=O)(=O)F. The molecule has 1 heterocycles. The van der Waals surface area contributed by atoms with Gasteiger partial charge in [0.25, 0.3) is 0 Å². The summed E-state index contributed by atoms with van der Waals surface area (Å²) in [5.41, 5.74) is 6.73. The summed E-state index contributed by atoms with van der Waals surface area (Å²) in [7, 11) is -5.28. The van der Waals surface area contributed by atoms with Crippen molar-refractivity contribution in [3.05, 3.63) is 81.9 Å². The topological polar surface area (TPSA) is 93.2 Å². The summed E-state index contributed by atoms with van der Waals surface area (Å²) in [6, 6.07) is 16.3. The summed E-state index contributed by atoms with van der Waals surface area (Å²) in [5.74, 6) is -0.230. The van der Waals surface area contributed by atoms with E-state index in [0.29, 0.717) is 49.3 Å². The zero-order chi connectivity index (χ0) is 27.9. The summed E-state index contributed by atoms with van der Waals surface area (Å²) in [6.07, 6.45) is 0.202. The van der Waals surface area contributed by atoms with E-state index >= 15 is 0 Å². The highest BCUT2D eigenvalue weighted by molar-refractivity contribution is 7.81. The average Bonchev–Trinajstić information content (AvgIpc) is 3.23. The summed E-state index contributed by atoms with van der Waals surface area (Å²) in [4.78, 5) is 28.4. The molecule has 3 aromatic rings. The minimum absolute atomic E-state index is 0.0348. The molecule has 1 fully saturated rings. The van der Waals surface area contributed by atoms with Crippen LogP contribution < -0.4 is 9.08 Å². The molecule has 3 aromatic carbocycles. The quantitative estimate of drug-likeness (QED) is 0.311. The first-order chi connectivity index (χ1) is 18.6. The third-order valence-electron chi connectivity index (χ3n) is 7.69. The van der Waals surface area contributed by atoms with Gasteiger partial charge < -0.3 is 18.7 Å². The van der Waals surface area contributed by atoms with Crippen molar-refractivity contribution in [1.29, 1.82) is 0 Å². The van der Waals surface area contributed by atoms with E-state index in [2.05, 4.69) is 28.4 Å². The van der Waals surface area contributed by atoms with Crippen LogP contribution in [0.5, 0.6) is 5.75 Å². The Hall–Kier alpha value is -3.92. The van der Waals surface area contributed by atoms with Crippen LogP contribution in [-0.4, -0.2) is 58.5 Å². The van der Waals surface area contributed by atoms with Crippen LogP contribution in [0.3, 0.4) is 0 Å². The van der Waals surface area contributed by atoms with E-state index in [4.69, 9.17) is 4.74 Å². The molecule has 8 nitrogen and oxygen atoms in total. The minimum atomic E-state index is -5.28. The Labute approximate surface area is 227 Å². The standard InChI is InChI=1S/C29H29FN2O6S/c1-18-25(16-33)19(2)28(38-39(30,35)36)20(3)27(18)31-12-14-32(15-13-31)29(34)37-17-26-23-10-6-4-8-21(23)22-9-5-7-11-24(22)26/h4-11,16,26H,12-15,17H2,1-3H3. The third kappa shape index (κ3) is 4.96. The van der Waals surface area contributed by atoms with Gasteiger partial charge in [0, 0.05) is 54.5 Å². The fourth-order valence-corrected chi connectivity index (χ4v) is 6.32. The fourth-order valence-electron chi connectivity index (χ4n) is 5.87. The number of hydrogen-bond acceptors (Lipinski definition) is 7. The number of rotatable bonds is 6. The molecule has 1 amide bonds. The number of benzene rings is 3. The summed E-state index contributed by atoms with van der Waals surface area (Å²) >= 11 is 0. The van der Waals surface area contributed by atoms with Gasteiger partial charge in [-0.25, -0.2) is 4.79 Å². The zero-order valence-corrected chi connectivity index (χ0v) is 22.8. The van der Waals surface area contributed by atoms with Gasteiger partial charge in [-0.1, -0.05) is 52.4 Å². The Morgan fingerprint density at radius 3 is 2.03 bits per heavy atom. The molecule has 1 aliphatic carbocycles. The summed E-state index contributed by atoms with van der Waals surface area (Å²) in [5, 5.41) is 0. The summed E-state index contributed by atoms with van der Waals surface area (Å²) < 4.78 is 46.3. The Morgan fingerprint density at radius 2 is 1.49 bits per heavy atom. The smallest absolute Gasteiger partial charge is 0.448 e. The second kappa shape index (κ2) is 10.3. The molecule has 39 heavy (non-hydrogen) atoms. The molecule has 0 bridgehead atoms. The molecule has 0 saturated carbocycles. The van der Waals surface area contributed by atoms with Gasteiger partial charge >= 0.3 is 16.6 Å². The number of anilines is 1. The molecule has 0 N–H and O–H groups in total. The van der Waals surface area contributed by atoms with Crippen LogP contribution in [0.1, 0.15) is 44.1 Å². The molecule has 2 aliphatic rings. The highest BCUT2D eigenvalue weighted by Crippen LogP contribution is 2.44. The van der Waals surface area contributed by atoms with Gasteiger partial charge in [0.1, 0.15) is 6.61 Å². The number of amides is 1. The number of halogens is 1. The lowest BCUT2D eigenvalue weighted by molar-refractivity contribution is 0.0976. The van der Waals surface area contributed by atoms with Crippen molar-refractivity contribution in [3.8, 4) is 16.9 Å². The van der Waals surface area contributed by atoms with E-state index in [1.54, 1.807) is 18.7 Å². The van der Waals surface area contributed by atoms with Crippen molar-refractivity contribution in [3.63, 3.8) is 0 Å². The van der Waals surface area contributed by atoms with Gasteiger partial charge in [0.05, 0.1) is 0 Å². The van der Waals surface area contributed by atoms with Crippen molar-refractivity contribution in [2.45, 2.75) is 26.7 Å². The Kier molecular flexibility index (Phi) is 7.07. The molecule has 0 radical (unpaired) electrons. The van der Waals surface area contributed by atoms with E-state index in [0.717, 1.165) is 22.3 Å². The molecular formula is C29H29FN2O6S. The molecule has 0 atom stereocenters. The van der Waals surface area contributed by atoms with Gasteiger partial charge in [-0.3, -0.25) is 4.79 Å². The number of fused-ring (bicyclic) bond motifs is 3. The van der Waals surface area contributed by atoms with Crippen molar-refractivity contribution in [2.75, 3.05) is 37.7 Å². The first-order valence-electron chi connectivity index (χ1n) is 12.7. The van der Waals surface area contributed by atoms with Crippen LogP contribution in [0.2, 0.25) is 0 Å². The van der Waals surface area contributed by atoms with Crippen molar-refractivity contribution in [2.24, 2.45) is 0 Å². The van der Waals surface area contributed by atoms with E-state index in [1.165, 1.54) is 6.92 Å². The maximum absolute atomic E-state index is 13.4. The highest BCUT2D eigenvalue weighted by atomic mass is 32.3. The first-order valence-corrected chi connectivity index (χ1v) is 14.0. The van der Waals surface area contributed by atoms with Gasteiger partial charge in [-0.15, -0.1) is 0 Å². The van der Waals surface area contributed by atoms with E-state index in [-0.39, 0.29) is 29.4 Å². The predicted molar refractivity (Wildman–Crippen MR) is 146 cm³/mol. The van der Waals surface area contributed by atoms with Crippen molar-refractivity contribution >= 4 is 28.6 Å². The molecule has 0 spiro atoms. The predicted octanol–water partition coefficient (Wildman–Crippen LogP) is 5.09. The van der Waals surface area contributed by atoms with Crippen LogP contribution in [0.15, 0.2) is 48.5 Å². The molecule has 1 aliphatic heterocycles. The van der Waals surface area contributed by atoms with Gasteiger partial charge in [0.15, 0.2) is 12.0 Å². The van der Waals surface area contributed by atoms with E-state index in [9.17, 15) is 21.9 Å². The number of piperazine rings is 1. The average molecular weight is 553 g/mol. The largest absolute Gasteiger partial charge is 0.488 e. The van der Waals surface area contributed by atoms with Crippen LogP contribution in [0.25, 0.3) is 11.1 Å². The van der Waals surface area contributed by atoms with Gasteiger partial charge in [-0.2, -0.15) is 8.42 Å². The molecule has 1 saturated heterocycles. The number of carbonyl (C=O) groups is 2. The molecule has 0 unspecified atom stereocenters. The number of ether oxygens (including phenoxy) is 1. The van der Waals surface area contributed by atoms with Crippen LogP contribution in [0.4, 0.5) is 14.4 Å². The molecule has 0 aromatic heterocycles. The summed E-state index contributed by atoms with van der Waals surface area (Å²) in [6.45, 7) is 6.67. The third-order valence-corrected chi connectivity index (χ3v) is 8.06. The number of aldehydes is 1. The zero-order valence-electron chi connectivity index (χ0n) is 21.9. The Bertz CT molecular complexity index is 1520. The highest BCUT2D eigenvalue weighted by Gasteiger charge is 2.32. The van der Waals surface area contributed by atoms with Crippen molar-refractivity contribution < 1.29 is 30.8 Å². The molecule has 10 heteroatoms. The molecular weight excluding hydrogens is 523 g/mol. The lowest BCUT2D eigenvalue weighted by Gasteiger charge is -2.37. The maximum atomic E-state index is 13.4. The second-order valence-corrected chi connectivity index (χ2v) is 10.8. The second-order valence-electron chi connectivity index (χ2n) is 9.84. The normalized spacial score (nSPS) is 15.1. The Balaban J connectivity index is 1.29.